The van der Waals surface area contributed by atoms with E-state index in [0.29, 0.717) is 43.2 Å². The average molecular weight is 470 g/mol. The number of halogens is 1. The highest BCUT2D eigenvalue weighted by Crippen LogP contribution is 2.17. The Morgan fingerprint density at radius 3 is 2.15 bits per heavy atom. The van der Waals surface area contributed by atoms with Crippen molar-refractivity contribution in [2.45, 2.75) is 39.2 Å². The number of nitrogens with one attached hydrogen (secondary N) is 1. The molecule has 3 rings (SSSR count). The highest BCUT2D eigenvalue weighted by Gasteiger charge is 2.32. The number of rotatable bonds is 8. The summed E-state index contributed by atoms with van der Waals surface area (Å²) in [4.78, 5) is 42.0. The number of carbonyl (C=O) groups is 3. The van der Waals surface area contributed by atoms with Gasteiger partial charge in [0.2, 0.25) is 11.8 Å². The van der Waals surface area contributed by atoms with Crippen LogP contribution in [0.15, 0.2) is 54.6 Å². The molecule has 176 valence electrons. The van der Waals surface area contributed by atoms with E-state index in [4.69, 9.17) is 11.6 Å². The number of piperazine rings is 1. The van der Waals surface area contributed by atoms with Crippen LogP contribution in [-0.4, -0.2) is 59.7 Å². The monoisotopic (exact) mass is 469 g/mol. The molecule has 1 unspecified atom stereocenters. The lowest BCUT2D eigenvalue weighted by atomic mass is 10.0. The molecule has 1 fully saturated rings. The number of aryl methyl sites for hydroxylation is 1. The zero-order chi connectivity index (χ0) is 23.8. The number of hydrogen-bond acceptors (Lipinski definition) is 3. The summed E-state index contributed by atoms with van der Waals surface area (Å²) < 4.78 is 0. The van der Waals surface area contributed by atoms with Gasteiger partial charge in [0.15, 0.2) is 0 Å². The van der Waals surface area contributed by atoms with Gasteiger partial charge in [0.25, 0.3) is 5.91 Å². The summed E-state index contributed by atoms with van der Waals surface area (Å²) in [5.41, 5.74) is 1.59. The van der Waals surface area contributed by atoms with Gasteiger partial charge in [-0.2, -0.15) is 0 Å². The highest BCUT2D eigenvalue weighted by atomic mass is 35.5. The molecule has 6 nitrogen and oxygen atoms in total. The first kappa shape index (κ1) is 24.8. The smallest absolute Gasteiger partial charge is 0.253 e. The standard InChI is InChI=1S/C26H32ClN3O3/c1-19(2)24(28-25(32)21-12-6-7-13-22(21)27)26(33)30-17-15-29(16-18-30)23(31)14-8-11-20-9-4-3-5-10-20/h3-7,9-10,12-13,19,24H,8,11,14-18H2,1-2H3,(H,28,32). The predicted molar refractivity (Wildman–Crippen MR) is 130 cm³/mol. The molecule has 1 N–H and O–H groups in total. The van der Waals surface area contributed by atoms with Crippen molar-refractivity contribution in [3.8, 4) is 0 Å². The Morgan fingerprint density at radius 1 is 0.909 bits per heavy atom. The normalized spacial score (nSPS) is 14.8. The second-order valence-corrected chi connectivity index (χ2v) is 9.13. The maximum Gasteiger partial charge on any atom is 0.253 e. The second-order valence-electron chi connectivity index (χ2n) is 8.72. The fraction of sp³-hybridized carbons (Fsp3) is 0.423. The molecule has 1 heterocycles. The number of carbonyl (C=O) groups excluding carboxylic acids is 3. The molecule has 3 amide bonds. The van der Waals surface area contributed by atoms with Crippen LogP contribution < -0.4 is 5.32 Å². The van der Waals surface area contributed by atoms with Gasteiger partial charge in [-0.15, -0.1) is 0 Å². The van der Waals surface area contributed by atoms with E-state index in [1.165, 1.54) is 5.56 Å². The maximum atomic E-state index is 13.2. The highest BCUT2D eigenvalue weighted by molar-refractivity contribution is 6.33. The molecule has 0 aromatic heterocycles. The van der Waals surface area contributed by atoms with Gasteiger partial charge >= 0.3 is 0 Å². The van der Waals surface area contributed by atoms with Crippen molar-refractivity contribution in [2.75, 3.05) is 26.2 Å². The van der Waals surface area contributed by atoms with E-state index in [-0.39, 0.29) is 23.6 Å². The third kappa shape index (κ3) is 6.81. The first-order valence-corrected chi connectivity index (χ1v) is 11.9. The van der Waals surface area contributed by atoms with Crippen molar-refractivity contribution in [1.82, 2.24) is 15.1 Å². The Labute approximate surface area is 200 Å². The summed E-state index contributed by atoms with van der Waals surface area (Å²) in [5, 5.41) is 3.20. The number of nitrogens with zero attached hydrogens (tertiary/aromatic N) is 2. The Hall–Kier alpha value is -2.86. The molecular formula is C26H32ClN3O3. The molecule has 0 bridgehead atoms. The van der Waals surface area contributed by atoms with Crippen LogP contribution >= 0.6 is 11.6 Å². The molecule has 1 aliphatic rings. The number of benzene rings is 2. The third-order valence-electron chi connectivity index (χ3n) is 5.98. The van der Waals surface area contributed by atoms with Crippen molar-refractivity contribution in [3.05, 3.63) is 70.7 Å². The SMILES string of the molecule is CC(C)C(NC(=O)c1ccccc1Cl)C(=O)N1CCN(C(=O)CCCc2ccccc2)CC1. The summed E-state index contributed by atoms with van der Waals surface area (Å²) in [6.07, 6.45) is 2.20. The molecule has 0 radical (unpaired) electrons. The van der Waals surface area contributed by atoms with Crippen LogP contribution in [-0.2, 0) is 16.0 Å². The van der Waals surface area contributed by atoms with Crippen molar-refractivity contribution in [3.63, 3.8) is 0 Å². The minimum absolute atomic E-state index is 0.0819. The van der Waals surface area contributed by atoms with E-state index in [1.807, 2.05) is 36.9 Å². The first-order valence-electron chi connectivity index (χ1n) is 11.5. The minimum Gasteiger partial charge on any atom is -0.340 e. The van der Waals surface area contributed by atoms with Gasteiger partial charge < -0.3 is 15.1 Å². The largest absolute Gasteiger partial charge is 0.340 e. The Balaban J connectivity index is 1.49. The fourth-order valence-corrected chi connectivity index (χ4v) is 4.22. The second kappa shape index (κ2) is 11.8. The first-order chi connectivity index (χ1) is 15.9. The molecule has 2 aromatic carbocycles. The lowest BCUT2D eigenvalue weighted by Gasteiger charge is -2.37. The lowest BCUT2D eigenvalue weighted by Crippen LogP contribution is -2.57. The Kier molecular flexibility index (Phi) is 8.89. The number of hydrogen-bond donors (Lipinski definition) is 1. The summed E-state index contributed by atoms with van der Waals surface area (Å²) in [6.45, 7) is 5.77. The third-order valence-corrected chi connectivity index (χ3v) is 6.31. The lowest BCUT2D eigenvalue weighted by molar-refractivity contribution is -0.141. The Morgan fingerprint density at radius 2 is 1.52 bits per heavy atom. The molecule has 2 aromatic rings. The fourth-order valence-electron chi connectivity index (χ4n) is 4.00. The van der Waals surface area contributed by atoms with Crippen molar-refractivity contribution < 1.29 is 14.4 Å². The molecule has 0 aliphatic carbocycles. The van der Waals surface area contributed by atoms with E-state index in [1.54, 1.807) is 29.2 Å². The average Bonchev–Trinajstić information content (AvgIpc) is 2.82. The van der Waals surface area contributed by atoms with Crippen LogP contribution in [0.4, 0.5) is 0 Å². The van der Waals surface area contributed by atoms with Crippen LogP contribution in [0.3, 0.4) is 0 Å². The summed E-state index contributed by atoms with van der Waals surface area (Å²) in [7, 11) is 0. The molecule has 33 heavy (non-hydrogen) atoms. The van der Waals surface area contributed by atoms with Gasteiger partial charge in [0.1, 0.15) is 6.04 Å². The molecule has 7 heteroatoms. The number of amides is 3. The van der Waals surface area contributed by atoms with Crippen LogP contribution in [0.2, 0.25) is 5.02 Å². The zero-order valence-corrected chi connectivity index (χ0v) is 20.1. The van der Waals surface area contributed by atoms with Crippen LogP contribution in [0.1, 0.15) is 42.6 Å². The van der Waals surface area contributed by atoms with Crippen LogP contribution in [0, 0.1) is 5.92 Å². The van der Waals surface area contributed by atoms with E-state index in [2.05, 4.69) is 17.4 Å². The van der Waals surface area contributed by atoms with Gasteiger partial charge in [0, 0.05) is 32.6 Å². The van der Waals surface area contributed by atoms with E-state index in [0.717, 1.165) is 12.8 Å². The summed E-state index contributed by atoms with van der Waals surface area (Å²) in [6, 6.07) is 16.3. The molecule has 1 atom stereocenters. The van der Waals surface area contributed by atoms with E-state index >= 15 is 0 Å². The van der Waals surface area contributed by atoms with Crippen LogP contribution in [0.5, 0.6) is 0 Å². The Bertz CT molecular complexity index is 956. The van der Waals surface area contributed by atoms with E-state index < -0.39 is 6.04 Å². The molecule has 0 spiro atoms. The quantitative estimate of drug-likeness (QED) is 0.639. The molecular weight excluding hydrogens is 438 g/mol. The van der Waals surface area contributed by atoms with Gasteiger partial charge in [0.05, 0.1) is 10.6 Å². The van der Waals surface area contributed by atoms with Gasteiger partial charge in [-0.3, -0.25) is 14.4 Å². The maximum absolute atomic E-state index is 13.2. The summed E-state index contributed by atoms with van der Waals surface area (Å²) in [5.74, 6) is -0.437. The van der Waals surface area contributed by atoms with Crippen LogP contribution in [0.25, 0.3) is 0 Å². The molecule has 1 saturated heterocycles. The van der Waals surface area contributed by atoms with Gasteiger partial charge in [-0.05, 0) is 36.5 Å². The zero-order valence-electron chi connectivity index (χ0n) is 19.3. The van der Waals surface area contributed by atoms with E-state index in [9.17, 15) is 14.4 Å². The van der Waals surface area contributed by atoms with Crippen molar-refractivity contribution in [2.24, 2.45) is 5.92 Å². The summed E-state index contributed by atoms with van der Waals surface area (Å²) >= 11 is 6.13. The van der Waals surface area contributed by atoms with Crippen molar-refractivity contribution in [1.29, 1.82) is 0 Å². The molecule has 0 saturated carbocycles. The van der Waals surface area contributed by atoms with Gasteiger partial charge in [-0.25, -0.2) is 0 Å². The topological polar surface area (TPSA) is 69.7 Å². The molecule has 1 aliphatic heterocycles. The van der Waals surface area contributed by atoms with Crippen molar-refractivity contribution >= 4 is 29.3 Å². The predicted octanol–water partition coefficient (Wildman–Crippen LogP) is 3.79. The minimum atomic E-state index is -0.651. The van der Waals surface area contributed by atoms with Gasteiger partial charge in [-0.1, -0.05) is 67.9 Å².